The Morgan fingerprint density at radius 3 is 0.744 bits per heavy atom. The van der Waals surface area contributed by atoms with Crippen LogP contribution in [0.25, 0.3) is 10.8 Å². The largest absolute Gasteiger partial charge is 2.00 e. The molecule has 0 aromatic carbocycles. The van der Waals surface area contributed by atoms with E-state index in [0.29, 0.717) is 0 Å². The minimum absolute atomic E-state index is 0. The number of aromatic nitrogens is 4. The minimum Gasteiger partial charge on any atom is -0.753 e. The normalized spacial score (nSPS) is 8.56. The summed E-state index contributed by atoms with van der Waals surface area (Å²) in [6.45, 7) is 0. The molecule has 0 saturated carbocycles. The average molecular weight is 670 g/mol. The molecule has 0 atom stereocenters. The molecule has 6 N–H and O–H groups in total. The van der Waals surface area contributed by atoms with Gasteiger partial charge in [-0.25, -0.2) is 0 Å². The maximum Gasteiger partial charge on any atom is 2.00 e. The molecule has 1 radical (unpaired) electrons. The first-order valence-electron chi connectivity index (χ1n) is 12.0. The van der Waals surface area contributed by atoms with Gasteiger partial charge in [-0.3, -0.25) is 0 Å². The smallest absolute Gasteiger partial charge is 0.753 e. The predicted molar refractivity (Wildman–Crippen MR) is 167 cm³/mol. The molecule has 4 heterocycles. The first-order chi connectivity index (χ1) is 19.3. The number of aryl methyl sites for hydroxylation is 4. The molecule has 0 unspecified atom stereocenters. The van der Waals surface area contributed by atoms with Crippen molar-refractivity contribution in [1.29, 1.82) is 0 Å². The van der Waals surface area contributed by atoms with Gasteiger partial charge >= 0.3 is 17.1 Å². The second-order valence-corrected chi connectivity index (χ2v) is 8.52. The molecule has 0 aliphatic rings. The number of thiocarbonyl (C=S) groups is 2. The Balaban J connectivity index is -0.000000594. The average Bonchev–Trinajstić information content (AvgIpc) is 2.94. The molecule has 12 nitrogen and oxygen atoms in total. The van der Waals surface area contributed by atoms with Crippen molar-refractivity contribution in [3.8, 4) is 0 Å². The van der Waals surface area contributed by atoms with E-state index in [9.17, 15) is 20.8 Å². The maximum atomic E-state index is 10.8. The van der Waals surface area contributed by atoms with Crippen LogP contribution in [0.4, 0.5) is 0 Å². The van der Waals surface area contributed by atoms with Crippen molar-refractivity contribution in [3.63, 3.8) is 0 Å². The van der Waals surface area contributed by atoms with Gasteiger partial charge in [0.05, 0.1) is 0 Å². The minimum atomic E-state index is 0. The zero-order valence-electron chi connectivity index (χ0n) is 23.1. The van der Waals surface area contributed by atoms with E-state index in [4.69, 9.17) is 10.8 Å². The van der Waals surface area contributed by atoms with E-state index < -0.39 is 0 Å². The Bertz CT molecular complexity index is 1130. The number of hydrogen-bond donors (Lipinski definition) is 0. The van der Waals surface area contributed by atoms with Gasteiger partial charge in [-0.1, -0.05) is 24.4 Å². The van der Waals surface area contributed by atoms with Gasteiger partial charge < -0.3 is 42.6 Å². The Kier molecular flexibility index (Phi) is 26.9. The first-order valence-corrected chi connectivity index (χ1v) is 12.9. The van der Waals surface area contributed by atoms with Crippen molar-refractivity contribution >= 4 is 34.8 Å². The fraction of sp³-hybridized carbons (Fsp3) is 0.214. The number of hydrogen-bond acceptors (Lipinski definition) is 6. The van der Waals surface area contributed by atoms with Gasteiger partial charge in [0.25, 0.3) is 0 Å². The third-order valence-corrected chi connectivity index (χ3v) is 5.35. The number of isothiocyanates is 2. The number of rotatable bonds is 8. The zero-order valence-corrected chi connectivity index (χ0v) is 26.0. The second-order valence-electron chi connectivity index (χ2n) is 8.15. The molecular weight excluding hydrogens is 635 g/mol. The summed E-state index contributed by atoms with van der Waals surface area (Å²) in [6.07, 6.45) is 17.9. The molecular formula is C28H34MnN6O6S2+2. The molecule has 4 aromatic rings. The molecule has 0 aliphatic heterocycles. The summed E-state index contributed by atoms with van der Waals surface area (Å²) in [5.74, 6) is 0. The van der Waals surface area contributed by atoms with Crippen LogP contribution in [-0.4, -0.2) is 10.3 Å². The van der Waals surface area contributed by atoms with Crippen molar-refractivity contribution in [1.82, 2.24) is 0 Å². The van der Waals surface area contributed by atoms with Crippen LogP contribution in [0.5, 0.6) is 0 Å². The van der Waals surface area contributed by atoms with Gasteiger partial charge in [0.15, 0.2) is 49.6 Å². The van der Waals surface area contributed by atoms with E-state index in [1.807, 2.05) is 48.5 Å². The van der Waals surface area contributed by atoms with Gasteiger partial charge in [-0.15, -0.1) is 0 Å². The molecule has 0 aliphatic carbocycles. The van der Waals surface area contributed by atoms with Crippen LogP contribution in [0.15, 0.2) is 98.1 Å². The molecule has 15 heteroatoms. The molecule has 0 saturated heterocycles. The topological polar surface area (TPSA) is 218 Å². The SMILES string of the molecule is [Mn+2].[N-]=C=S.[N-]=C=S.[O-][n+]1ccc(CCCc2cc[n+]([O-])cc2)cc1.[O-][n+]1ccc(CCCc2cc[n+]([O-])cc2)cc1.[OH3+].[OH3+]. The predicted octanol–water partition coefficient (Wildman–Crippen LogP) is 1.73. The Hall–Kier alpha value is -4.16. The van der Waals surface area contributed by atoms with Crippen molar-refractivity contribution in [2.75, 3.05) is 0 Å². The molecule has 0 bridgehead atoms. The quantitative estimate of drug-likeness (QED) is 0.0679. The van der Waals surface area contributed by atoms with Crippen LogP contribution in [0.1, 0.15) is 35.1 Å². The number of pyridine rings is 4. The third-order valence-electron chi connectivity index (χ3n) is 5.35. The molecule has 4 rings (SSSR count). The summed E-state index contributed by atoms with van der Waals surface area (Å²) in [7, 11) is 0. The van der Waals surface area contributed by atoms with E-state index in [2.05, 4.69) is 24.4 Å². The summed E-state index contributed by atoms with van der Waals surface area (Å²) in [6, 6.07) is 14.7. The van der Waals surface area contributed by atoms with Crippen LogP contribution >= 0.6 is 24.4 Å². The van der Waals surface area contributed by atoms with Gasteiger partial charge in [-0.05, 0) is 60.8 Å². The Morgan fingerprint density at radius 1 is 0.465 bits per heavy atom. The van der Waals surface area contributed by atoms with Gasteiger partial charge in [0.1, 0.15) is 0 Å². The summed E-state index contributed by atoms with van der Waals surface area (Å²) < 4.78 is 3.14. The van der Waals surface area contributed by atoms with E-state index in [1.54, 1.807) is 0 Å². The van der Waals surface area contributed by atoms with Gasteiger partial charge in [0, 0.05) is 48.5 Å². The summed E-state index contributed by atoms with van der Waals surface area (Å²) >= 11 is 7.40. The molecule has 0 fully saturated rings. The fourth-order valence-electron chi connectivity index (χ4n) is 3.43. The van der Waals surface area contributed by atoms with Crippen LogP contribution < -0.4 is 18.9 Å². The summed E-state index contributed by atoms with van der Waals surface area (Å²) in [4.78, 5) is 0. The summed E-state index contributed by atoms with van der Waals surface area (Å²) in [5, 5.41) is 60.3. The van der Waals surface area contributed by atoms with Crippen LogP contribution in [0.3, 0.4) is 0 Å². The second kappa shape index (κ2) is 26.7. The van der Waals surface area contributed by atoms with Gasteiger partial charge in [0.2, 0.25) is 0 Å². The Morgan fingerprint density at radius 2 is 0.605 bits per heavy atom. The number of nitrogens with zero attached hydrogens (tertiary/aromatic N) is 6. The first kappa shape index (κ1) is 43.3. The van der Waals surface area contributed by atoms with Crippen molar-refractivity contribution in [2.45, 2.75) is 38.5 Å². The van der Waals surface area contributed by atoms with Gasteiger partial charge in [-0.2, -0.15) is 29.2 Å². The van der Waals surface area contributed by atoms with E-state index >= 15 is 0 Å². The molecule has 0 spiro atoms. The maximum absolute atomic E-state index is 10.8. The molecule has 229 valence electrons. The molecule has 43 heavy (non-hydrogen) atoms. The van der Waals surface area contributed by atoms with Crippen molar-refractivity contribution in [3.05, 3.63) is 152 Å². The fourth-order valence-corrected chi connectivity index (χ4v) is 3.43. The van der Waals surface area contributed by atoms with E-state index in [0.717, 1.165) is 79.7 Å². The van der Waals surface area contributed by atoms with Crippen molar-refractivity contribution in [2.24, 2.45) is 0 Å². The zero-order chi connectivity index (χ0) is 29.6. The molecule has 0 amide bonds. The van der Waals surface area contributed by atoms with Crippen LogP contribution in [0.2, 0.25) is 0 Å². The van der Waals surface area contributed by atoms with Crippen LogP contribution in [-0.2, 0) is 53.7 Å². The standard InChI is InChI=1S/2C13H14N2O2.2CNS.Mn.2H2O/c2*16-14-8-4-12(5-9-14)2-1-3-13-6-10-15(17)11-7-13;2*2-1-3;;;/h2*4-11H,1-3H2;;;;2*1H2/q;;2*-1;+2;;/p+2. The third kappa shape index (κ3) is 21.2. The van der Waals surface area contributed by atoms with E-state index in [1.165, 1.54) is 59.9 Å². The van der Waals surface area contributed by atoms with Crippen molar-refractivity contribution < 1.29 is 46.9 Å². The van der Waals surface area contributed by atoms with Crippen LogP contribution in [0, 0.1) is 20.8 Å². The Labute approximate surface area is 271 Å². The monoisotopic (exact) mass is 669 g/mol. The summed E-state index contributed by atoms with van der Waals surface area (Å²) in [5.41, 5.74) is 4.64. The van der Waals surface area contributed by atoms with E-state index in [-0.39, 0.29) is 28.0 Å². The molecule has 4 aromatic heterocycles.